The van der Waals surface area contributed by atoms with Crippen molar-refractivity contribution in [2.75, 3.05) is 17.2 Å². The number of ether oxygens (including phenoxy) is 1. The molecule has 31 heavy (non-hydrogen) atoms. The van der Waals surface area contributed by atoms with E-state index in [-0.39, 0.29) is 18.4 Å². The minimum absolute atomic E-state index is 0.0464. The number of amides is 2. The molecule has 8 heteroatoms. The van der Waals surface area contributed by atoms with E-state index in [1.807, 2.05) is 18.2 Å². The molecule has 1 fully saturated rings. The fraction of sp³-hybridized carbons (Fsp3) is 0.261. The molecule has 0 radical (unpaired) electrons. The molecule has 7 nitrogen and oxygen atoms in total. The second-order valence-electron chi connectivity index (χ2n) is 7.42. The highest BCUT2D eigenvalue weighted by atomic mass is 35.5. The molecular formula is C23H22ClN3O4. The summed E-state index contributed by atoms with van der Waals surface area (Å²) in [7, 11) is 0. The molecule has 1 heterocycles. The molecule has 3 aromatic rings. The maximum Gasteiger partial charge on any atom is 0.411 e. The van der Waals surface area contributed by atoms with Crippen LogP contribution >= 0.6 is 11.6 Å². The van der Waals surface area contributed by atoms with E-state index in [0.29, 0.717) is 34.3 Å². The minimum Gasteiger partial charge on any atom is -0.449 e. The molecule has 1 aliphatic carbocycles. The molecule has 1 saturated carbocycles. The number of halogens is 1. The summed E-state index contributed by atoms with van der Waals surface area (Å²) in [4.78, 5) is 24.2. The van der Waals surface area contributed by atoms with E-state index < -0.39 is 6.09 Å². The fourth-order valence-corrected chi connectivity index (χ4v) is 3.33. The Morgan fingerprint density at radius 2 is 1.87 bits per heavy atom. The highest BCUT2D eigenvalue weighted by Crippen LogP contribution is 2.33. The summed E-state index contributed by atoms with van der Waals surface area (Å²) in [5.74, 6) is 0.599. The number of carbonyl (C=O) groups is 2. The first-order valence-electron chi connectivity index (χ1n) is 10.1. The first kappa shape index (κ1) is 20.9. The van der Waals surface area contributed by atoms with Gasteiger partial charge in [0.2, 0.25) is 5.91 Å². The fourth-order valence-electron chi connectivity index (χ4n) is 3.10. The van der Waals surface area contributed by atoms with Gasteiger partial charge in [0.15, 0.2) is 5.76 Å². The molecule has 0 bridgehead atoms. The van der Waals surface area contributed by atoms with Gasteiger partial charge in [0.25, 0.3) is 0 Å². The van der Waals surface area contributed by atoms with Crippen LogP contribution in [0.3, 0.4) is 0 Å². The first-order chi connectivity index (χ1) is 15.0. The van der Waals surface area contributed by atoms with Crippen LogP contribution in [-0.4, -0.2) is 23.8 Å². The van der Waals surface area contributed by atoms with Crippen molar-refractivity contribution in [3.05, 3.63) is 64.8 Å². The van der Waals surface area contributed by atoms with Crippen LogP contribution in [0.4, 0.5) is 16.2 Å². The maximum absolute atomic E-state index is 12.3. The highest BCUT2D eigenvalue weighted by molar-refractivity contribution is 6.31. The topological polar surface area (TPSA) is 93.5 Å². The van der Waals surface area contributed by atoms with Crippen molar-refractivity contribution in [3.8, 4) is 11.3 Å². The number of aromatic nitrogens is 1. The number of aryl methyl sites for hydroxylation is 1. The molecule has 160 valence electrons. The van der Waals surface area contributed by atoms with Crippen molar-refractivity contribution < 1.29 is 18.8 Å². The van der Waals surface area contributed by atoms with Gasteiger partial charge in [-0.3, -0.25) is 10.1 Å². The number of nitrogens with zero attached hydrogens (tertiary/aromatic N) is 1. The number of anilines is 2. The van der Waals surface area contributed by atoms with Crippen molar-refractivity contribution in [2.45, 2.75) is 26.2 Å². The van der Waals surface area contributed by atoms with E-state index >= 15 is 0 Å². The zero-order chi connectivity index (χ0) is 21.8. The Bertz CT molecular complexity index is 1090. The lowest BCUT2D eigenvalue weighted by molar-refractivity contribution is -0.117. The van der Waals surface area contributed by atoms with Crippen LogP contribution in [-0.2, 0) is 16.0 Å². The monoisotopic (exact) mass is 439 g/mol. The predicted molar refractivity (Wildman–Crippen MR) is 118 cm³/mol. The van der Waals surface area contributed by atoms with Gasteiger partial charge in [-0.25, -0.2) is 4.79 Å². The third kappa shape index (κ3) is 5.24. The first-order valence-corrected chi connectivity index (χ1v) is 10.4. The lowest BCUT2D eigenvalue weighted by Crippen LogP contribution is -2.16. The molecule has 0 atom stereocenters. The average molecular weight is 440 g/mol. The van der Waals surface area contributed by atoms with Crippen LogP contribution in [0.2, 0.25) is 5.02 Å². The zero-order valence-electron chi connectivity index (χ0n) is 17.0. The molecule has 2 aromatic carbocycles. The minimum atomic E-state index is -0.604. The maximum atomic E-state index is 12.3. The molecule has 2 N–H and O–H groups in total. The molecule has 1 aliphatic rings. The Morgan fingerprint density at radius 1 is 1.13 bits per heavy atom. The van der Waals surface area contributed by atoms with Gasteiger partial charge in [0.05, 0.1) is 6.61 Å². The van der Waals surface area contributed by atoms with E-state index in [1.54, 1.807) is 37.3 Å². The molecule has 0 spiro atoms. The van der Waals surface area contributed by atoms with Gasteiger partial charge in [-0.2, -0.15) is 0 Å². The lowest BCUT2D eigenvalue weighted by atomic mass is 10.1. The number of hydrogen-bond acceptors (Lipinski definition) is 5. The van der Waals surface area contributed by atoms with E-state index in [4.69, 9.17) is 20.9 Å². The van der Waals surface area contributed by atoms with E-state index in [1.165, 1.54) is 0 Å². The summed E-state index contributed by atoms with van der Waals surface area (Å²) >= 11 is 6.12. The second kappa shape index (κ2) is 9.22. The molecule has 0 aliphatic heterocycles. The highest BCUT2D eigenvalue weighted by Gasteiger charge is 2.29. The van der Waals surface area contributed by atoms with Gasteiger partial charge in [0, 0.05) is 28.6 Å². The Kier molecular flexibility index (Phi) is 6.23. The molecule has 0 saturated heterocycles. The van der Waals surface area contributed by atoms with Gasteiger partial charge in [0.1, 0.15) is 11.4 Å². The van der Waals surface area contributed by atoms with Crippen LogP contribution in [0, 0.1) is 12.8 Å². The third-order valence-electron chi connectivity index (χ3n) is 5.01. The second-order valence-corrected chi connectivity index (χ2v) is 7.82. The normalized spacial score (nSPS) is 13.0. The summed E-state index contributed by atoms with van der Waals surface area (Å²) in [6, 6.07) is 14.6. The van der Waals surface area contributed by atoms with Gasteiger partial charge in [-0.1, -0.05) is 35.0 Å². The van der Waals surface area contributed by atoms with Crippen LogP contribution in [0.1, 0.15) is 24.1 Å². The summed E-state index contributed by atoms with van der Waals surface area (Å²) in [6.07, 6.45) is 1.81. The number of hydrogen-bond donors (Lipinski definition) is 2. The third-order valence-corrected chi connectivity index (χ3v) is 5.38. The Morgan fingerprint density at radius 3 is 2.58 bits per heavy atom. The van der Waals surface area contributed by atoms with Crippen molar-refractivity contribution in [1.29, 1.82) is 0 Å². The van der Waals surface area contributed by atoms with Crippen LogP contribution in [0.25, 0.3) is 11.3 Å². The van der Waals surface area contributed by atoms with E-state index in [2.05, 4.69) is 15.8 Å². The summed E-state index contributed by atoms with van der Waals surface area (Å²) < 4.78 is 10.7. The van der Waals surface area contributed by atoms with Crippen LogP contribution < -0.4 is 10.6 Å². The number of rotatable bonds is 7. The Hall–Kier alpha value is -3.32. The molecule has 1 aromatic heterocycles. The van der Waals surface area contributed by atoms with Gasteiger partial charge >= 0.3 is 6.09 Å². The summed E-state index contributed by atoms with van der Waals surface area (Å²) in [5, 5.41) is 10.2. The smallest absolute Gasteiger partial charge is 0.411 e. The number of nitrogens with one attached hydrogen (secondary N) is 2. The van der Waals surface area contributed by atoms with Gasteiger partial charge in [-0.05, 0) is 55.7 Å². The lowest BCUT2D eigenvalue weighted by Gasteiger charge is -2.09. The zero-order valence-corrected chi connectivity index (χ0v) is 17.7. The standard InChI is InChI=1S/C23H22ClN3O4/c1-14-20(26-23(29)30-13-12-15-4-2-3-5-19(15)24)21(31-27-14)16-8-10-18(11-9-16)25-22(28)17-6-7-17/h2-5,8-11,17H,6-7,12-13H2,1H3,(H,25,28)(H,26,29). The van der Waals surface area contributed by atoms with E-state index in [9.17, 15) is 9.59 Å². The van der Waals surface area contributed by atoms with E-state index in [0.717, 1.165) is 24.0 Å². The van der Waals surface area contributed by atoms with Crippen molar-refractivity contribution in [3.63, 3.8) is 0 Å². The number of benzene rings is 2. The van der Waals surface area contributed by atoms with Gasteiger partial charge in [-0.15, -0.1) is 0 Å². The van der Waals surface area contributed by atoms with Crippen molar-refractivity contribution in [2.24, 2.45) is 5.92 Å². The summed E-state index contributed by atoms with van der Waals surface area (Å²) in [5.41, 5.74) is 3.32. The SMILES string of the molecule is Cc1noc(-c2ccc(NC(=O)C3CC3)cc2)c1NC(=O)OCCc1ccccc1Cl. The van der Waals surface area contributed by atoms with Crippen LogP contribution in [0.15, 0.2) is 53.1 Å². The molecule has 0 unspecified atom stereocenters. The summed E-state index contributed by atoms with van der Waals surface area (Å²) in [6.45, 7) is 1.92. The van der Waals surface area contributed by atoms with Gasteiger partial charge < -0.3 is 14.6 Å². The van der Waals surface area contributed by atoms with Crippen molar-refractivity contribution in [1.82, 2.24) is 5.16 Å². The van der Waals surface area contributed by atoms with Crippen LogP contribution in [0.5, 0.6) is 0 Å². The largest absolute Gasteiger partial charge is 0.449 e. The molecule has 2 amide bonds. The predicted octanol–water partition coefficient (Wildman–Crippen LogP) is 5.44. The Balaban J connectivity index is 1.37. The average Bonchev–Trinajstić information content (AvgIpc) is 3.55. The molecular weight excluding hydrogens is 418 g/mol. The van der Waals surface area contributed by atoms with Crippen molar-refractivity contribution >= 4 is 35.0 Å². The molecule has 4 rings (SSSR count). The number of carbonyl (C=O) groups excluding carboxylic acids is 2. The Labute approximate surface area is 184 Å². The quantitative estimate of drug-likeness (QED) is 0.511.